The molecule has 0 atom stereocenters. The second-order valence-corrected chi connectivity index (χ2v) is 7.47. The molecule has 7 heteroatoms. The highest BCUT2D eigenvalue weighted by molar-refractivity contribution is 5.68. The molecular formula is C21H24N6O. The van der Waals surface area contributed by atoms with E-state index in [4.69, 9.17) is 4.74 Å². The van der Waals surface area contributed by atoms with Crippen molar-refractivity contribution in [2.24, 2.45) is 0 Å². The van der Waals surface area contributed by atoms with Crippen LogP contribution in [0.4, 0.5) is 5.82 Å². The van der Waals surface area contributed by atoms with E-state index in [9.17, 15) is 5.26 Å². The lowest BCUT2D eigenvalue weighted by molar-refractivity contribution is 0.242. The average molecular weight is 376 g/mol. The van der Waals surface area contributed by atoms with E-state index in [1.165, 1.54) is 0 Å². The van der Waals surface area contributed by atoms with E-state index in [0.717, 1.165) is 53.4 Å². The van der Waals surface area contributed by atoms with Crippen LogP contribution in [0, 0.1) is 11.3 Å². The number of benzene rings is 1. The van der Waals surface area contributed by atoms with Crippen LogP contribution >= 0.6 is 0 Å². The molecule has 7 nitrogen and oxygen atoms in total. The van der Waals surface area contributed by atoms with Gasteiger partial charge in [0.1, 0.15) is 24.0 Å². The lowest BCUT2D eigenvalue weighted by Gasteiger charge is -2.27. The maximum absolute atomic E-state index is 9.88. The highest BCUT2D eigenvalue weighted by Crippen LogP contribution is 2.30. The molecule has 0 aliphatic carbocycles. The normalized spacial score (nSPS) is 14.1. The van der Waals surface area contributed by atoms with E-state index < -0.39 is 0 Å². The van der Waals surface area contributed by atoms with Gasteiger partial charge in [0.2, 0.25) is 0 Å². The van der Waals surface area contributed by atoms with Crippen LogP contribution in [-0.4, -0.2) is 39.2 Å². The second kappa shape index (κ2) is 7.49. The largest absolute Gasteiger partial charge is 0.491 e. The summed E-state index contributed by atoms with van der Waals surface area (Å²) in [6.07, 6.45) is 2.67. The lowest BCUT2D eigenvalue weighted by Crippen LogP contribution is -2.28. The number of fused-ring (bicyclic) bond motifs is 3. The number of rotatable bonds is 5. The molecule has 1 aromatic carbocycles. The quantitative estimate of drug-likeness (QED) is 0.738. The summed E-state index contributed by atoms with van der Waals surface area (Å²) in [5.74, 6) is 1.61. The first-order chi connectivity index (χ1) is 13.6. The van der Waals surface area contributed by atoms with Gasteiger partial charge in [-0.3, -0.25) is 4.40 Å². The van der Waals surface area contributed by atoms with Gasteiger partial charge in [-0.1, -0.05) is 12.1 Å². The Morgan fingerprint density at radius 2 is 2.04 bits per heavy atom. The molecule has 0 radical (unpaired) electrons. The number of hydrogen-bond acceptors (Lipinski definition) is 6. The minimum absolute atomic E-state index is 0.152. The Hall–Kier alpha value is -3.11. The highest BCUT2D eigenvalue weighted by Gasteiger charge is 2.24. The van der Waals surface area contributed by atoms with Gasteiger partial charge in [-0.25, -0.2) is 0 Å². The number of hydrogen-bond donors (Lipinski definition) is 1. The Kier molecular flexibility index (Phi) is 4.88. The van der Waals surface area contributed by atoms with Crippen LogP contribution in [-0.2, 0) is 19.5 Å². The fourth-order valence-electron chi connectivity index (χ4n) is 3.69. The van der Waals surface area contributed by atoms with Crippen molar-refractivity contribution < 1.29 is 4.74 Å². The summed E-state index contributed by atoms with van der Waals surface area (Å²) in [5.41, 5.74) is 4.81. The molecule has 0 amide bonds. The van der Waals surface area contributed by atoms with Crippen LogP contribution < -0.4 is 10.1 Å². The van der Waals surface area contributed by atoms with Crippen LogP contribution in [0.3, 0.4) is 0 Å². The molecule has 1 N–H and O–H groups in total. The van der Waals surface area contributed by atoms with E-state index in [1.807, 2.05) is 42.5 Å². The van der Waals surface area contributed by atoms with Crippen molar-refractivity contribution in [3.05, 3.63) is 52.8 Å². The van der Waals surface area contributed by atoms with Gasteiger partial charge in [-0.15, -0.1) is 10.2 Å². The summed E-state index contributed by atoms with van der Waals surface area (Å²) in [4.78, 5) is 2.24. The fourth-order valence-corrected chi connectivity index (χ4v) is 3.69. The summed E-state index contributed by atoms with van der Waals surface area (Å²) >= 11 is 0. The van der Waals surface area contributed by atoms with Gasteiger partial charge in [0, 0.05) is 25.2 Å². The zero-order chi connectivity index (χ0) is 19.7. The second-order valence-electron chi connectivity index (χ2n) is 7.47. The zero-order valence-electron chi connectivity index (χ0n) is 16.4. The first kappa shape index (κ1) is 18.3. The van der Waals surface area contributed by atoms with E-state index in [1.54, 1.807) is 6.33 Å². The number of pyridine rings is 1. The number of aromatic nitrogens is 3. The van der Waals surface area contributed by atoms with Gasteiger partial charge in [-0.05, 0) is 50.6 Å². The molecule has 4 rings (SSSR count). The average Bonchev–Trinajstić information content (AvgIpc) is 3.16. The van der Waals surface area contributed by atoms with Gasteiger partial charge >= 0.3 is 0 Å². The number of nitriles is 1. The molecule has 0 unspecified atom stereocenters. The standard InChI is InChI=1S/C21H24N6O/c1-14(2)28-16-6-4-15(5-7-16)11-23-20-18(10-22)17-8-9-26(3)12-19(17)21-25-24-13-27(20)21/h4-7,13-14,23H,8-9,11-12H2,1-3H3. The summed E-state index contributed by atoms with van der Waals surface area (Å²) in [7, 11) is 2.08. The molecule has 0 saturated heterocycles. The molecule has 2 aromatic heterocycles. The van der Waals surface area contributed by atoms with Crippen molar-refractivity contribution >= 4 is 11.5 Å². The van der Waals surface area contributed by atoms with Crippen LogP contribution in [0.25, 0.3) is 5.65 Å². The molecule has 0 fully saturated rings. The first-order valence-corrected chi connectivity index (χ1v) is 9.52. The predicted octanol–water partition coefficient (Wildman–Crippen LogP) is 2.99. The fraction of sp³-hybridized carbons (Fsp3) is 0.381. The third kappa shape index (κ3) is 3.39. The maximum atomic E-state index is 9.88. The Balaban J connectivity index is 1.65. The van der Waals surface area contributed by atoms with Gasteiger partial charge in [0.05, 0.1) is 11.7 Å². The summed E-state index contributed by atoms with van der Waals surface area (Å²) in [5, 5.41) is 21.7. The van der Waals surface area contributed by atoms with Gasteiger partial charge in [0.25, 0.3) is 0 Å². The predicted molar refractivity (Wildman–Crippen MR) is 107 cm³/mol. The summed E-state index contributed by atoms with van der Waals surface area (Å²) in [6, 6.07) is 10.4. The number of nitrogens with one attached hydrogen (secondary N) is 1. The molecule has 0 spiro atoms. The third-order valence-electron chi connectivity index (χ3n) is 5.00. The summed E-state index contributed by atoms with van der Waals surface area (Å²) < 4.78 is 7.59. The Labute approximate surface area is 164 Å². The van der Waals surface area contributed by atoms with Crippen molar-refractivity contribution in [2.45, 2.75) is 39.5 Å². The Bertz CT molecular complexity index is 1030. The molecule has 144 valence electrons. The Morgan fingerprint density at radius 1 is 1.25 bits per heavy atom. The van der Waals surface area contributed by atoms with Crippen molar-refractivity contribution in [1.29, 1.82) is 5.26 Å². The number of anilines is 1. The molecular weight excluding hydrogens is 352 g/mol. The van der Waals surface area contributed by atoms with Crippen molar-refractivity contribution in [2.75, 3.05) is 18.9 Å². The number of likely N-dealkylation sites (N-methyl/N-ethyl adjacent to an activating group) is 1. The van der Waals surface area contributed by atoms with Crippen LogP contribution in [0.5, 0.6) is 5.75 Å². The van der Waals surface area contributed by atoms with Crippen LogP contribution in [0.15, 0.2) is 30.6 Å². The van der Waals surface area contributed by atoms with Crippen molar-refractivity contribution in [1.82, 2.24) is 19.5 Å². The SMILES string of the molecule is CC(C)Oc1ccc(CNc2c(C#N)c3c(c4nncn24)CN(C)CC3)cc1. The van der Waals surface area contributed by atoms with E-state index in [0.29, 0.717) is 12.1 Å². The maximum Gasteiger partial charge on any atom is 0.167 e. The van der Waals surface area contributed by atoms with E-state index >= 15 is 0 Å². The zero-order valence-corrected chi connectivity index (χ0v) is 16.4. The van der Waals surface area contributed by atoms with Crippen LogP contribution in [0.2, 0.25) is 0 Å². The monoisotopic (exact) mass is 376 g/mol. The first-order valence-electron chi connectivity index (χ1n) is 9.52. The molecule has 28 heavy (non-hydrogen) atoms. The molecule has 0 saturated carbocycles. The number of nitrogens with zero attached hydrogens (tertiary/aromatic N) is 5. The summed E-state index contributed by atoms with van der Waals surface area (Å²) in [6.45, 7) is 6.34. The van der Waals surface area contributed by atoms with Gasteiger partial charge in [-0.2, -0.15) is 5.26 Å². The van der Waals surface area contributed by atoms with E-state index in [2.05, 4.69) is 33.5 Å². The molecule has 0 bridgehead atoms. The smallest absolute Gasteiger partial charge is 0.167 e. The molecule has 3 heterocycles. The minimum Gasteiger partial charge on any atom is -0.491 e. The molecule has 1 aliphatic rings. The minimum atomic E-state index is 0.152. The molecule has 3 aromatic rings. The lowest BCUT2D eigenvalue weighted by atomic mass is 9.96. The van der Waals surface area contributed by atoms with Crippen molar-refractivity contribution in [3.8, 4) is 11.8 Å². The van der Waals surface area contributed by atoms with Gasteiger partial charge in [0.15, 0.2) is 5.65 Å². The van der Waals surface area contributed by atoms with E-state index in [-0.39, 0.29) is 6.10 Å². The molecule has 1 aliphatic heterocycles. The Morgan fingerprint density at radius 3 is 2.75 bits per heavy atom. The van der Waals surface area contributed by atoms with Crippen LogP contribution in [0.1, 0.15) is 36.1 Å². The topological polar surface area (TPSA) is 78.5 Å². The highest BCUT2D eigenvalue weighted by atomic mass is 16.5. The number of ether oxygens (including phenoxy) is 1. The van der Waals surface area contributed by atoms with Gasteiger partial charge < -0.3 is 15.0 Å². The third-order valence-corrected chi connectivity index (χ3v) is 5.00. The van der Waals surface area contributed by atoms with Crippen molar-refractivity contribution in [3.63, 3.8) is 0 Å².